The third-order valence-corrected chi connectivity index (χ3v) is 5.36. The van der Waals surface area contributed by atoms with Crippen molar-refractivity contribution in [3.63, 3.8) is 0 Å². The van der Waals surface area contributed by atoms with Crippen LogP contribution < -0.4 is 5.32 Å². The van der Waals surface area contributed by atoms with Crippen molar-refractivity contribution in [1.29, 1.82) is 0 Å². The maximum atomic E-state index is 12.3. The molecular weight excluding hydrogens is 336 g/mol. The van der Waals surface area contributed by atoms with Gasteiger partial charge in [-0.25, -0.2) is 4.98 Å². The van der Waals surface area contributed by atoms with Gasteiger partial charge in [-0.1, -0.05) is 11.3 Å². The van der Waals surface area contributed by atoms with Crippen LogP contribution in [0.15, 0.2) is 42.7 Å². The lowest BCUT2D eigenvalue weighted by molar-refractivity contribution is -0.129. The number of benzene rings is 1. The molecule has 128 valence electrons. The molecule has 1 N–H and O–H groups in total. The molecule has 0 spiro atoms. The summed E-state index contributed by atoms with van der Waals surface area (Å²) in [5, 5.41) is 3.59. The fraction of sp³-hybridized carbons (Fsp3) is 0.278. The number of rotatable bonds is 4. The summed E-state index contributed by atoms with van der Waals surface area (Å²) in [6.07, 6.45) is 5.97. The Bertz CT molecular complexity index is 910. The highest BCUT2D eigenvalue weighted by Crippen LogP contribution is 2.26. The third kappa shape index (κ3) is 3.28. The molecule has 0 atom stereocenters. The van der Waals surface area contributed by atoms with Crippen LogP contribution in [-0.4, -0.2) is 45.9 Å². The zero-order valence-electron chi connectivity index (χ0n) is 13.6. The molecule has 0 bridgehead atoms. The number of amides is 2. The average molecular weight is 354 g/mol. The second-order valence-electron chi connectivity index (χ2n) is 6.04. The second-order valence-corrected chi connectivity index (χ2v) is 7.05. The van der Waals surface area contributed by atoms with Gasteiger partial charge in [-0.15, -0.1) is 0 Å². The van der Waals surface area contributed by atoms with E-state index in [2.05, 4.69) is 10.3 Å². The zero-order valence-corrected chi connectivity index (χ0v) is 14.5. The minimum atomic E-state index is -0.231. The Morgan fingerprint density at radius 2 is 1.92 bits per heavy atom. The Labute approximate surface area is 149 Å². The fourth-order valence-electron chi connectivity index (χ4n) is 2.96. The Balaban J connectivity index is 1.47. The smallest absolute Gasteiger partial charge is 0.251 e. The van der Waals surface area contributed by atoms with E-state index in [1.165, 1.54) is 11.3 Å². The first kappa shape index (κ1) is 15.8. The molecular formula is C18H18N4O2S. The molecule has 25 heavy (non-hydrogen) atoms. The lowest BCUT2D eigenvalue weighted by Gasteiger charge is -2.15. The molecule has 0 aliphatic carbocycles. The van der Waals surface area contributed by atoms with Crippen molar-refractivity contribution in [2.45, 2.75) is 12.8 Å². The van der Waals surface area contributed by atoms with Crippen molar-refractivity contribution in [2.24, 2.45) is 0 Å². The van der Waals surface area contributed by atoms with Crippen molar-refractivity contribution in [2.75, 3.05) is 19.6 Å². The fourth-order valence-corrected chi connectivity index (χ4v) is 3.93. The third-order valence-electron chi connectivity index (χ3n) is 4.32. The van der Waals surface area contributed by atoms with E-state index in [4.69, 9.17) is 0 Å². The molecule has 0 unspecified atom stereocenters. The van der Waals surface area contributed by atoms with E-state index in [0.717, 1.165) is 41.3 Å². The minimum absolute atomic E-state index is 0.0142. The highest BCUT2D eigenvalue weighted by atomic mass is 32.1. The Morgan fingerprint density at radius 3 is 2.68 bits per heavy atom. The first-order valence-corrected chi connectivity index (χ1v) is 9.12. The zero-order chi connectivity index (χ0) is 17.2. The van der Waals surface area contributed by atoms with Crippen molar-refractivity contribution in [1.82, 2.24) is 19.8 Å². The summed E-state index contributed by atoms with van der Waals surface area (Å²) < 4.78 is 2.89. The van der Waals surface area contributed by atoms with Crippen LogP contribution >= 0.6 is 11.3 Å². The van der Waals surface area contributed by atoms with Crippen molar-refractivity contribution < 1.29 is 9.59 Å². The van der Waals surface area contributed by atoms with Gasteiger partial charge in [0.15, 0.2) is 5.13 Å². The molecule has 4 rings (SSSR count). The summed E-state index contributed by atoms with van der Waals surface area (Å²) in [7, 11) is 0. The lowest BCUT2D eigenvalue weighted by atomic mass is 10.2. The van der Waals surface area contributed by atoms with E-state index in [-0.39, 0.29) is 18.4 Å². The largest absolute Gasteiger partial charge is 0.343 e. The molecule has 1 aliphatic rings. The monoisotopic (exact) mass is 354 g/mol. The van der Waals surface area contributed by atoms with Crippen LogP contribution in [0.5, 0.6) is 0 Å². The van der Waals surface area contributed by atoms with E-state index in [0.29, 0.717) is 5.56 Å². The second kappa shape index (κ2) is 6.68. The van der Waals surface area contributed by atoms with Gasteiger partial charge in [0, 0.05) is 31.0 Å². The number of fused-ring (bicyclic) bond motifs is 1. The summed E-state index contributed by atoms with van der Waals surface area (Å²) in [5.41, 5.74) is 1.41. The highest BCUT2D eigenvalue weighted by Gasteiger charge is 2.18. The van der Waals surface area contributed by atoms with Crippen LogP contribution in [-0.2, 0) is 4.79 Å². The average Bonchev–Trinajstić information content (AvgIpc) is 3.39. The molecule has 1 saturated heterocycles. The summed E-state index contributed by atoms with van der Waals surface area (Å²) >= 11 is 1.53. The number of thiazole rings is 1. The highest BCUT2D eigenvalue weighted by molar-refractivity contribution is 7.20. The van der Waals surface area contributed by atoms with Crippen molar-refractivity contribution in [3.05, 3.63) is 48.3 Å². The SMILES string of the molecule is O=C(NCC(=O)N1CCCC1)c1ccc2nc(-n3cccc3)sc2c1. The molecule has 7 heteroatoms. The number of carbonyl (C=O) groups is 2. The maximum absolute atomic E-state index is 12.3. The molecule has 1 aliphatic heterocycles. The predicted molar refractivity (Wildman–Crippen MR) is 97.1 cm³/mol. The molecule has 2 aromatic heterocycles. The van der Waals surface area contributed by atoms with Crippen molar-refractivity contribution in [3.8, 4) is 5.13 Å². The van der Waals surface area contributed by atoms with Gasteiger partial charge in [0.05, 0.1) is 16.8 Å². The van der Waals surface area contributed by atoms with Crippen LogP contribution in [0.25, 0.3) is 15.3 Å². The molecule has 3 aromatic rings. The quantitative estimate of drug-likeness (QED) is 0.782. The standard InChI is InChI=1S/C18H18N4O2S/c23-16(21-7-1-2-8-21)12-19-17(24)13-5-6-14-15(11-13)25-18(20-14)22-9-3-4-10-22/h3-6,9-11H,1-2,7-8,12H2,(H,19,24). The Kier molecular flexibility index (Phi) is 4.23. The number of likely N-dealkylation sites (tertiary alicyclic amines) is 1. The number of hydrogen-bond acceptors (Lipinski definition) is 4. The Hall–Kier alpha value is -2.67. The van der Waals surface area contributed by atoms with Gasteiger partial charge in [0.1, 0.15) is 0 Å². The topological polar surface area (TPSA) is 67.2 Å². The number of aromatic nitrogens is 2. The first-order chi connectivity index (χ1) is 12.2. The van der Waals surface area contributed by atoms with E-state index < -0.39 is 0 Å². The van der Waals surface area contributed by atoms with Crippen LogP contribution in [0, 0.1) is 0 Å². The van der Waals surface area contributed by atoms with E-state index in [9.17, 15) is 9.59 Å². The molecule has 3 heterocycles. The number of nitrogens with zero attached hydrogens (tertiary/aromatic N) is 3. The van der Waals surface area contributed by atoms with Crippen LogP contribution in [0.3, 0.4) is 0 Å². The molecule has 0 saturated carbocycles. The van der Waals surface area contributed by atoms with E-state index >= 15 is 0 Å². The molecule has 1 fully saturated rings. The normalized spacial score (nSPS) is 14.2. The van der Waals surface area contributed by atoms with Gasteiger partial charge in [-0.2, -0.15) is 0 Å². The maximum Gasteiger partial charge on any atom is 0.251 e. The van der Waals surface area contributed by atoms with Crippen LogP contribution in [0.4, 0.5) is 0 Å². The lowest BCUT2D eigenvalue weighted by Crippen LogP contribution is -2.38. The number of carbonyl (C=O) groups excluding carboxylic acids is 2. The van der Waals surface area contributed by atoms with Gasteiger partial charge in [-0.3, -0.25) is 9.59 Å². The molecule has 1 aromatic carbocycles. The summed E-state index contributed by atoms with van der Waals surface area (Å²) in [5.74, 6) is -0.245. The summed E-state index contributed by atoms with van der Waals surface area (Å²) in [6.45, 7) is 1.64. The van der Waals surface area contributed by atoms with Crippen LogP contribution in [0.2, 0.25) is 0 Å². The van der Waals surface area contributed by atoms with Gasteiger partial charge in [0.25, 0.3) is 5.91 Å². The number of hydrogen-bond donors (Lipinski definition) is 1. The van der Waals surface area contributed by atoms with E-state index in [1.807, 2.05) is 41.2 Å². The van der Waals surface area contributed by atoms with Crippen molar-refractivity contribution >= 4 is 33.4 Å². The summed E-state index contributed by atoms with van der Waals surface area (Å²) in [4.78, 5) is 30.7. The molecule has 6 nitrogen and oxygen atoms in total. The number of nitrogens with one attached hydrogen (secondary N) is 1. The molecule has 0 radical (unpaired) electrons. The first-order valence-electron chi connectivity index (χ1n) is 8.30. The van der Waals surface area contributed by atoms with Crippen LogP contribution in [0.1, 0.15) is 23.2 Å². The van der Waals surface area contributed by atoms with Gasteiger partial charge < -0.3 is 14.8 Å². The summed E-state index contributed by atoms with van der Waals surface area (Å²) in [6, 6.07) is 9.31. The Morgan fingerprint density at radius 1 is 1.16 bits per heavy atom. The van der Waals surface area contributed by atoms with Gasteiger partial charge in [-0.05, 0) is 43.2 Å². The molecule has 2 amide bonds. The van der Waals surface area contributed by atoms with Gasteiger partial charge in [0.2, 0.25) is 5.91 Å². The van der Waals surface area contributed by atoms with Gasteiger partial charge >= 0.3 is 0 Å². The minimum Gasteiger partial charge on any atom is -0.343 e. The predicted octanol–water partition coefficient (Wildman–Crippen LogP) is 2.44. The van der Waals surface area contributed by atoms with E-state index in [1.54, 1.807) is 11.0 Å².